The normalized spacial score (nSPS) is 16.0. The van der Waals surface area contributed by atoms with E-state index in [9.17, 15) is 14.0 Å². The van der Waals surface area contributed by atoms with Crippen molar-refractivity contribution in [1.82, 2.24) is 9.38 Å². The van der Waals surface area contributed by atoms with Gasteiger partial charge in [0.2, 0.25) is 11.8 Å². The second-order valence-electron chi connectivity index (χ2n) is 8.00. The number of imidazole rings is 1. The van der Waals surface area contributed by atoms with Gasteiger partial charge in [-0.1, -0.05) is 18.2 Å². The van der Waals surface area contributed by atoms with Gasteiger partial charge >= 0.3 is 0 Å². The lowest BCUT2D eigenvalue weighted by Crippen LogP contribution is -2.28. The number of amides is 2. The van der Waals surface area contributed by atoms with Gasteiger partial charge < -0.3 is 14.6 Å². The summed E-state index contributed by atoms with van der Waals surface area (Å²) in [4.78, 5) is 31.5. The van der Waals surface area contributed by atoms with Crippen LogP contribution in [0.4, 0.5) is 15.8 Å². The molecular formula is C25H21FN4O2. The van der Waals surface area contributed by atoms with E-state index in [1.54, 1.807) is 12.1 Å². The van der Waals surface area contributed by atoms with Gasteiger partial charge in [0.1, 0.15) is 11.5 Å². The lowest BCUT2D eigenvalue weighted by molar-refractivity contribution is -0.122. The fourth-order valence-corrected chi connectivity index (χ4v) is 4.05. The van der Waals surface area contributed by atoms with Crippen molar-refractivity contribution in [3.63, 3.8) is 0 Å². The first kappa shape index (κ1) is 19.9. The molecule has 160 valence electrons. The number of halogens is 1. The first-order valence-electron chi connectivity index (χ1n) is 10.4. The third-order valence-electron chi connectivity index (χ3n) is 5.74. The molecule has 0 radical (unpaired) electrons. The predicted molar refractivity (Wildman–Crippen MR) is 121 cm³/mol. The molecule has 1 N–H and O–H groups in total. The lowest BCUT2D eigenvalue weighted by Gasteiger charge is -2.16. The van der Waals surface area contributed by atoms with Crippen molar-refractivity contribution in [3.05, 3.63) is 84.4 Å². The van der Waals surface area contributed by atoms with Gasteiger partial charge in [-0.25, -0.2) is 9.37 Å². The second kappa shape index (κ2) is 7.92. The Balaban J connectivity index is 1.32. The van der Waals surface area contributed by atoms with E-state index >= 15 is 0 Å². The zero-order valence-corrected chi connectivity index (χ0v) is 17.5. The van der Waals surface area contributed by atoms with E-state index in [1.807, 2.05) is 60.1 Å². The fourth-order valence-electron chi connectivity index (χ4n) is 4.05. The number of pyridine rings is 1. The number of aromatic nitrogens is 2. The third-order valence-corrected chi connectivity index (χ3v) is 5.74. The summed E-state index contributed by atoms with van der Waals surface area (Å²) < 4.78 is 15.2. The molecule has 0 saturated carbocycles. The van der Waals surface area contributed by atoms with E-state index in [0.717, 1.165) is 22.5 Å². The van der Waals surface area contributed by atoms with Crippen molar-refractivity contribution in [3.8, 4) is 11.3 Å². The maximum absolute atomic E-state index is 13.2. The van der Waals surface area contributed by atoms with Crippen LogP contribution in [0.15, 0.2) is 73.1 Å². The molecule has 5 rings (SSSR count). The number of fused-ring (bicyclic) bond motifs is 1. The minimum absolute atomic E-state index is 0.120. The average Bonchev–Trinajstić information content (AvgIpc) is 3.39. The Morgan fingerprint density at radius 1 is 1.12 bits per heavy atom. The van der Waals surface area contributed by atoms with Crippen molar-refractivity contribution in [2.24, 2.45) is 5.92 Å². The molecule has 0 aliphatic carbocycles. The van der Waals surface area contributed by atoms with Gasteiger partial charge in [0, 0.05) is 42.3 Å². The number of rotatable bonds is 4. The largest absolute Gasteiger partial charge is 0.326 e. The number of benzene rings is 2. The highest BCUT2D eigenvalue weighted by atomic mass is 19.1. The summed E-state index contributed by atoms with van der Waals surface area (Å²) in [5.41, 5.74) is 4.92. The molecule has 2 aromatic carbocycles. The molecule has 2 amide bonds. The van der Waals surface area contributed by atoms with Crippen LogP contribution in [0.2, 0.25) is 0 Å². The van der Waals surface area contributed by atoms with Gasteiger partial charge in [0.15, 0.2) is 0 Å². The molecule has 32 heavy (non-hydrogen) atoms. The van der Waals surface area contributed by atoms with Crippen molar-refractivity contribution in [2.45, 2.75) is 13.3 Å². The number of hydrogen-bond donors (Lipinski definition) is 1. The zero-order chi connectivity index (χ0) is 22.2. The molecule has 4 aromatic rings. The molecule has 0 unspecified atom stereocenters. The number of nitrogens with one attached hydrogen (secondary N) is 1. The topological polar surface area (TPSA) is 66.7 Å². The molecule has 1 atom stereocenters. The van der Waals surface area contributed by atoms with Crippen LogP contribution in [0.1, 0.15) is 12.0 Å². The first-order chi connectivity index (χ1) is 15.5. The first-order valence-corrected chi connectivity index (χ1v) is 10.4. The number of carbonyl (C=O) groups is 2. The zero-order valence-electron chi connectivity index (χ0n) is 17.5. The van der Waals surface area contributed by atoms with E-state index in [-0.39, 0.29) is 30.6 Å². The van der Waals surface area contributed by atoms with Crippen LogP contribution < -0.4 is 10.2 Å². The van der Waals surface area contributed by atoms with Crippen molar-refractivity contribution < 1.29 is 14.0 Å². The van der Waals surface area contributed by atoms with Gasteiger partial charge in [0.05, 0.1) is 11.6 Å². The summed E-state index contributed by atoms with van der Waals surface area (Å²) in [6.45, 7) is 2.28. The molecule has 7 heteroatoms. The van der Waals surface area contributed by atoms with Gasteiger partial charge in [-0.15, -0.1) is 0 Å². The van der Waals surface area contributed by atoms with E-state index in [4.69, 9.17) is 4.98 Å². The Labute approximate surface area is 184 Å². The van der Waals surface area contributed by atoms with Gasteiger partial charge in [-0.05, 0) is 55.0 Å². The quantitative estimate of drug-likeness (QED) is 0.523. The Bertz CT molecular complexity index is 1330. The van der Waals surface area contributed by atoms with Gasteiger partial charge in [0.25, 0.3) is 0 Å². The molecule has 0 spiro atoms. The minimum atomic E-state index is -0.478. The number of carbonyl (C=O) groups excluding carboxylic acids is 2. The summed E-state index contributed by atoms with van der Waals surface area (Å²) in [7, 11) is 0. The fraction of sp³-hybridized carbons (Fsp3) is 0.160. The highest BCUT2D eigenvalue weighted by Crippen LogP contribution is 2.27. The van der Waals surface area contributed by atoms with Crippen molar-refractivity contribution >= 4 is 28.8 Å². The van der Waals surface area contributed by atoms with Crippen LogP contribution in [-0.4, -0.2) is 27.7 Å². The number of hydrogen-bond acceptors (Lipinski definition) is 3. The van der Waals surface area contributed by atoms with Crippen LogP contribution in [0, 0.1) is 18.7 Å². The van der Waals surface area contributed by atoms with E-state index in [2.05, 4.69) is 5.32 Å². The predicted octanol–water partition coefficient (Wildman–Crippen LogP) is 4.44. The SMILES string of the molecule is Cc1cccn2cc(-c3cccc(NC(=O)[C@H]4CC(=O)N(c5ccc(F)cc5)C4)c3)nc12. The summed E-state index contributed by atoms with van der Waals surface area (Å²) >= 11 is 0. The molecular weight excluding hydrogens is 407 g/mol. The van der Waals surface area contributed by atoms with Crippen LogP contribution in [0.25, 0.3) is 16.9 Å². The summed E-state index contributed by atoms with van der Waals surface area (Å²) in [5.74, 6) is -1.21. The molecule has 6 nitrogen and oxygen atoms in total. The van der Waals surface area contributed by atoms with E-state index in [1.165, 1.54) is 17.0 Å². The van der Waals surface area contributed by atoms with Crippen LogP contribution in [0.3, 0.4) is 0 Å². The molecule has 3 heterocycles. The van der Waals surface area contributed by atoms with Gasteiger partial charge in [-0.3, -0.25) is 9.59 Å². The summed E-state index contributed by atoms with van der Waals surface area (Å²) in [6, 6.07) is 17.2. The lowest BCUT2D eigenvalue weighted by atomic mass is 10.1. The van der Waals surface area contributed by atoms with Gasteiger partial charge in [-0.2, -0.15) is 0 Å². The second-order valence-corrected chi connectivity index (χ2v) is 8.00. The Kier molecular flexibility index (Phi) is 4.93. The average molecular weight is 428 g/mol. The summed E-state index contributed by atoms with van der Waals surface area (Å²) in [5, 5.41) is 2.93. The van der Waals surface area contributed by atoms with Crippen LogP contribution in [0.5, 0.6) is 0 Å². The Morgan fingerprint density at radius 2 is 1.94 bits per heavy atom. The number of anilines is 2. The Morgan fingerprint density at radius 3 is 2.72 bits per heavy atom. The maximum atomic E-state index is 13.2. The molecule has 0 bridgehead atoms. The third kappa shape index (κ3) is 3.73. The molecule has 2 aromatic heterocycles. The monoisotopic (exact) mass is 428 g/mol. The highest BCUT2D eigenvalue weighted by Gasteiger charge is 2.35. The van der Waals surface area contributed by atoms with Crippen molar-refractivity contribution in [2.75, 3.05) is 16.8 Å². The molecule has 1 aliphatic heterocycles. The smallest absolute Gasteiger partial charge is 0.229 e. The minimum Gasteiger partial charge on any atom is -0.326 e. The van der Waals surface area contributed by atoms with Crippen LogP contribution in [-0.2, 0) is 9.59 Å². The molecule has 1 fully saturated rings. The standard InChI is InChI=1S/C25H21FN4O2/c1-16-4-3-11-29-15-22(28-24(16)29)17-5-2-6-20(12-17)27-25(32)18-13-23(31)30(14-18)21-9-7-19(26)8-10-21/h2-12,15,18H,13-14H2,1H3,(H,27,32)/t18-/m0/s1. The molecule has 1 saturated heterocycles. The highest BCUT2D eigenvalue weighted by molar-refractivity contribution is 6.03. The number of aryl methyl sites for hydroxylation is 1. The molecule has 1 aliphatic rings. The van der Waals surface area contributed by atoms with Crippen LogP contribution >= 0.6 is 0 Å². The maximum Gasteiger partial charge on any atom is 0.229 e. The summed E-state index contributed by atoms with van der Waals surface area (Å²) in [6.07, 6.45) is 4.03. The van der Waals surface area contributed by atoms with Crippen molar-refractivity contribution in [1.29, 1.82) is 0 Å². The van der Waals surface area contributed by atoms with E-state index < -0.39 is 5.92 Å². The number of nitrogens with zero attached hydrogens (tertiary/aromatic N) is 3. The van der Waals surface area contributed by atoms with E-state index in [0.29, 0.717) is 11.4 Å². The Hall–Kier alpha value is -4.00.